The molecule has 7 heteroatoms. The maximum Gasteiger partial charge on any atom is 0.274 e. The fraction of sp³-hybridized carbons (Fsp3) is 0.235. The van der Waals surface area contributed by atoms with Crippen molar-refractivity contribution >= 4 is 40.7 Å². The number of pyridine rings is 1. The largest absolute Gasteiger partial charge is 0.352 e. The second-order valence-corrected chi connectivity index (χ2v) is 5.96. The summed E-state index contributed by atoms with van der Waals surface area (Å²) in [7, 11) is 0. The maximum absolute atomic E-state index is 12.3. The van der Waals surface area contributed by atoms with Gasteiger partial charge in [-0.2, -0.15) is 0 Å². The van der Waals surface area contributed by atoms with Crippen molar-refractivity contribution < 1.29 is 9.59 Å². The Labute approximate surface area is 150 Å². The third-order valence-electron chi connectivity index (χ3n) is 3.25. The van der Waals surface area contributed by atoms with Crippen LogP contribution in [0.15, 0.2) is 36.5 Å². The third-order valence-corrected chi connectivity index (χ3v) is 3.81. The number of carbonyl (C=O) groups is 2. The van der Waals surface area contributed by atoms with Crippen LogP contribution in [0.5, 0.6) is 0 Å². The topological polar surface area (TPSA) is 71.1 Å². The summed E-state index contributed by atoms with van der Waals surface area (Å²) in [5.41, 5.74) is 0.881. The number of nitrogens with zero attached hydrogens (tertiary/aromatic N) is 1. The molecule has 0 spiro atoms. The van der Waals surface area contributed by atoms with Crippen LogP contribution in [0.25, 0.3) is 0 Å². The van der Waals surface area contributed by atoms with Gasteiger partial charge >= 0.3 is 0 Å². The van der Waals surface area contributed by atoms with E-state index in [-0.39, 0.29) is 11.6 Å². The zero-order valence-corrected chi connectivity index (χ0v) is 14.6. The van der Waals surface area contributed by atoms with Gasteiger partial charge in [-0.3, -0.25) is 14.6 Å². The molecule has 0 saturated carbocycles. The van der Waals surface area contributed by atoms with Gasteiger partial charge in [-0.15, -0.1) is 0 Å². The van der Waals surface area contributed by atoms with Crippen molar-refractivity contribution in [3.05, 3.63) is 57.8 Å². The first-order chi connectivity index (χ1) is 11.5. The predicted molar refractivity (Wildman–Crippen MR) is 95.9 cm³/mol. The number of carbonyl (C=O) groups excluding carboxylic acids is 2. The van der Waals surface area contributed by atoms with Crippen LogP contribution in [0.1, 0.15) is 40.6 Å². The van der Waals surface area contributed by atoms with Crippen molar-refractivity contribution in [3.8, 4) is 0 Å². The van der Waals surface area contributed by atoms with Gasteiger partial charge < -0.3 is 10.6 Å². The summed E-state index contributed by atoms with van der Waals surface area (Å²) in [6.45, 7) is 2.64. The maximum atomic E-state index is 12.3. The lowest BCUT2D eigenvalue weighted by Gasteiger charge is -2.08. The van der Waals surface area contributed by atoms with Crippen LogP contribution in [0.3, 0.4) is 0 Å². The summed E-state index contributed by atoms with van der Waals surface area (Å²) >= 11 is 11.9. The molecule has 0 radical (unpaired) electrons. The zero-order valence-electron chi connectivity index (χ0n) is 13.1. The molecule has 1 aromatic heterocycles. The van der Waals surface area contributed by atoms with E-state index in [0.29, 0.717) is 27.8 Å². The van der Waals surface area contributed by atoms with Crippen molar-refractivity contribution in [1.29, 1.82) is 0 Å². The lowest BCUT2D eigenvalue weighted by Crippen LogP contribution is -2.25. The lowest BCUT2D eigenvalue weighted by molar-refractivity contribution is 0.0953. The van der Waals surface area contributed by atoms with Crippen molar-refractivity contribution in [1.82, 2.24) is 10.3 Å². The summed E-state index contributed by atoms with van der Waals surface area (Å²) in [5.74, 6) is -0.705. The molecule has 0 atom stereocenters. The summed E-state index contributed by atoms with van der Waals surface area (Å²) in [4.78, 5) is 28.3. The molecule has 0 aliphatic heterocycles. The van der Waals surface area contributed by atoms with Crippen LogP contribution < -0.4 is 10.6 Å². The van der Waals surface area contributed by atoms with Gasteiger partial charge in [0.05, 0.1) is 10.7 Å². The van der Waals surface area contributed by atoms with E-state index >= 15 is 0 Å². The first kappa shape index (κ1) is 18.2. The number of nitrogens with one attached hydrogen (secondary N) is 2. The van der Waals surface area contributed by atoms with E-state index in [4.69, 9.17) is 23.2 Å². The van der Waals surface area contributed by atoms with Crippen LogP contribution in [0.4, 0.5) is 5.69 Å². The Morgan fingerprint density at radius 2 is 1.92 bits per heavy atom. The van der Waals surface area contributed by atoms with Crippen LogP contribution in [-0.4, -0.2) is 23.3 Å². The quantitative estimate of drug-likeness (QED) is 0.754. The second-order valence-electron chi connectivity index (χ2n) is 5.12. The van der Waals surface area contributed by atoms with Crippen molar-refractivity contribution in [2.24, 2.45) is 0 Å². The second kappa shape index (κ2) is 8.66. The highest BCUT2D eigenvalue weighted by molar-refractivity contribution is 6.35. The first-order valence-corrected chi connectivity index (χ1v) is 8.27. The van der Waals surface area contributed by atoms with Gasteiger partial charge in [0.25, 0.3) is 11.8 Å². The average Bonchev–Trinajstić information content (AvgIpc) is 2.58. The number of hydrogen-bond acceptors (Lipinski definition) is 3. The highest BCUT2D eigenvalue weighted by Gasteiger charge is 2.13. The summed E-state index contributed by atoms with van der Waals surface area (Å²) < 4.78 is 0. The van der Waals surface area contributed by atoms with Crippen molar-refractivity contribution in [2.45, 2.75) is 19.8 Å². The van der Waals surface area contributed by atoms with Crippen LogP contribution >= 0.6 is 23.2 Å². The number of halogens is 2. The van der Waals surface area contributed by atoms with Gasteiger partial charge in [0.15, 0.2) is 0 Å². The SMILES string of the molecule is CCCCNC(=O)c1ccnc(C(=O)Nc2cc(Cl)ccc2Cl)c1. The molecule has 5 nitrogen and oxygen atoms in total. The Bertz CT molecular complexity index is 750. The monoisotopic (exact) mass is 365 g/mol. The Balaban J connectivity index is 2.11. The molecule has 2 amide bonds. The number of aromatic nitrogens is 1. The number of unbranched alkanes of at least 4 members (excludes halogenated alkanes) is 1. The molecule has 24 heavy (non-hydrogen) atoms. The molecular formula is C17H17Cl2N3O2. The van der Waals surface area contributed by atoms with Gasteiger partial charge in [0.1, 0.15) is 5.69 Å². The standard InChI is InChI=1S/C17H17Cl2N3O2/c1-2-3-7-21-16(23)11-6-8-20-15(9-11)17(24)22-14-10-12(18)4-5-13(14)19/h4-6,8-10H,2-3,7H2,1H3,(H,21,23)(H,22,24). The number of hydrogen-bond donors (Lipinski definition) is 2. The minimum Gasteiger partial charge on any atom is -0.352 e. The summed E-state index contributed by atoms with van der Waals surface area (Å²) in [5, 5.41) is 6.24. The molecule has 0 aliphatic carbocycles. The Morgan fingerprint density at radius 1 is 1.12 bits per heavy atom. The minimum absolute atomic E-state index is 0.120. The fourth-order valence-corrected chi connectivity index (χ4v) is 2.29. The van der Waals surface area contributed by atoms with E-state index in [9.17, 15) is 9.59 Å². The fourth-order valence-electron chi connectivity index (χ4n) is 1.96. The molecule has 2 N–H and O–H groups in total. The molecule has 0 unspecified atom stereocenters. The predicted octanol–water partition coefficient (Wildman–Crippen LogP) is 4.17. The molecule has 2 rings (SSSR count). The van der Waals surface area contributed by atoms with Crippen molar-refractivity contribution in [3.63, 3.8) is 0 Å². The number of rotatable bonds is 6. The highest BCUT2D eigenvalue weighted by Crippen LogP contribution is 2.25. The smallest absolute Gasteiger partial charge is 0.274 e. The van der Waals surface area contributed by atoms with E-state index in [1.54, 1.807) is 24.3 Å². The summed E-state index contributed by atoms with van der Waals surface area (Å²) in [6.07, 6.45) is 3.31. The average molecular weight is 366 g/mol. The molecule has 2 aromatic rings. The first-order valence-electron chi connectivity index (χ1n) is 7.52. The molecule has 1 aromatic carbocycles. The van der Waals surface area contributed by atoms with Crippen LogP contribution in [0, 0.1) is 0 Å². The Morgan fingerprint density at radius 3 is 2.67 bits per heavy atom. The Kier molecular flexibility index (Phi) is 6.58. The van der Waals surface area contributed by atoms with Gasteiger partial charge in [-0.05, 0) is 36.8 Å². The number of amides is 2. The summed E-state index contributed by atoms with van der Waals surface area (Å²) in [6, 6.07) is 7.76. The molecule has 126 valence electrons. The normalized spacial score (nSPS) is 10.3. The molecule has 1 heterocycles. The molecule has 0 bridgehead atoms. The van der Waals surface area contributed by atoms with E-state index < -0.39 is 5.91 Å². The van der Waals surface area contributed by atoms with Gasteiger partial charge in [-0.1, -0.05) is 36.5 Å². The van der Waals surface area contributed by atoms with E-state index in [1.165, 1.54) is 12.3 Å². The highest BCUT2D eigenvalue weighted by atomic mass is 35.5. The van der Waals surface area contributed by atoms with Crippen molar-refractivity contribution in [2.75, 3.05) is 11.9 Å². The molecule has 0 saturated heterocycles. The van der Waals surface area contributed by atoms with Gasteiger partial charge in [0, 0.05) is 23.3 Å². The van der Waals surface area contributed by atoms with E-state index in [2.05, 4.69) is 15.6 Å². The zero-order chi connectivity index (χ0) is 17.5. The van der Waals surface area contributed by atoms with Gasteiger partial charge in [0.2, 0.25) is 0 Å². The number of benzene rings is 1. The van der Waals surface area contributed by atoms with Crippen LogP contribution in [0.2, 0.25) is 10.0 Å². The molecular weight excluding hydrogens is 349 g/mol. The Hall–Kier alpha value is -2.11. The molecule has 0 aliphatic rings. The third kappa shape index (κ3) is 4.94. The van der Waals surface area contributed by atoms with E-state index in [0.717, 1.165) is 12.8 Å². The van der Waals surface area contributed by atoms with Gasteiger partial charge in [-0.25, -0.2) is 0 Å². The van der Waals surface area contributed by atoms with Crippen LogP contribution in [-0.2, 0) is 0 Å². The lowest BCUT2D eigenvalue weighted by atomic mass is 10.2. The number of anilines is 1. The molecule has 0 fully saturated rings. The van der Waals surface area contributed by atoms with E-state index in [1.807, 2.05) is 6.92 Å². The minimum atomic E-state index is -0.470.